The minimum Gasteiger partial charge on any atom is -0.339 e. The smallest absolute Gasteiger partial charge is 0.339 e. The van der Waals surface area contributed by atoms with Gasteiger partial charge in [0.2, 0.25) is 0 Å². The van der Waals surface area contributed by atoms with Crippen LogP contribution in [0.15, 0.2) is 45.8 Å². The number of halogens is 5. The standard InChI is InChI=1S/C20H14BrF4N3O2/c1-27(11-5-6-11)18(29)13-7-4-10(9-14(13)22)12-3-2-8-28-17(12)26-16(20(23,24)25)15(21)19(28)30/h2-4,7-9,11H,5-6H2,1H3. The van der Waals surface area contributed by atoms with E-state index in [9.17, 15) is 27.2 Å². The normalized spacial score (nSPS) is 14.2. The van der Waals surface area contributed by atoms with E-state index in [0.717, 1.165) is 23.3 Å². The molecule has 0 unspecified atom stereocenters. The largest absolute Gasteiger partial charge is 0.434 e. The molecular weight excluding hydrogens is 470 g/mol. The van der Waals surface area contributed by atoms with E-state index in [2.05, 4.69) is 20.9 Å². The SMILES string of the molecule is CN(C(=O)c1ccc(-c2cccn3c(=O)c(Br)c(C(F)(F)F)nc23)cc1F)C1CC1. The summed E-state index contributed by atoms with van der Waals surface area (Å²) < 4.78 is 54.9. The lowest BCUT2D eigenvalue weighted by Gasteiger charge is -2.17. The Labute approximate surface area is 176 Å². The molecule has 1 aliphatic rings. The zero-order chi connectivity index (χ0) is 21.8. The second-order valence-corrected chi connectivity index (χ2v) is 7.83. The number of hydrogen-bond acceptors (Lipinski definition) is 3. The van der Waals surface area contributed by atoms with Crippen molar-refractivity contribution in [3.05, 3.63) is 68.4 Å². The van der Waals surface area contributed by atoms with Crippen LogP contribution in [0.1, 0.15) is 28.9 Å². The number of nitrogens with zero attached hydrogens (tertiary/aromatic N) is 3. The number of fused-ring (bicyclic) bond motifs is 1. The summed E-state index contributed by atoms with van der Waals surface area (Å²) in [7, 11) is 1.60. The predicted octanol–water partition coefficient (Wildman–Crippen LogP) is 4.52. The molecule has 0 atom stereocenters. The van der Waals surface area contributed by atoms with E-state index in [1.54, 1.807) is 7.05 Å². The van der Waals surface area contributed by atoms with Gasteiger partial charge in [-0.2, -0.15) is 13.2 Å². The molecule has 30 heavy (non-hydrogen) atoms. The molecule has 0 radical (unpaired) electrons. The summed E-state index contributed by atoms with van der Waals surface area (Å²) in [5.74, 6) is -1.26. The Kier molecular flexibility index (Phi) is 4.92. The highest BCUT2D eigenvalue weighted by atomic mass is 79.9. The molecule has 1 aliphatic carbocycles. The fourth-order valence-corrected chi connectivity index (χ4v) is 3.73. The van der Waals surface area contributed by atoms with Gasteiger partial charge < -0.3 is 4.90 Å². The number of benzene rings is 1. The van der Waals surface area contributed by atoms with E-state index in [0.29, 0.717) is 0 Å². The van der Waals surface area contributed by atoms with Crippen molar-refractivity contribution >= 4 is 27.5 Å². The Hall–Kier alpha value is -2.75. The number of alkyl halides is 3. The second-order valence-electron chi connectivity index (χ2n) is 7.03. The fraction of sp³-hybridized carbons (Fsp3) is 0.250. The predicted molar refractivity (Wildman–Crippen MR) is 105 cm³/mol. The molecule has 0 N–H and O–H groups in total. The first-order valence-corrected chi connectivity index (χ1v) is 9.74. The third kappa shape index (κ3) is 3.49. The van der Waals surface area contributed by atoms with Crippen molar-refractivity contribution in [2.75, 3.05) is 7.05 Å². The van der Waals surface area contributed by atoms with Crippen molar-refractivity contribution in [2.24, 2.45) is 0 Å². The lowest BCUT2D eigenvalue weighted by molar-refractivity contribution is -0.141. The maximum Gasteiger partial charge on any atom is 0.434 e. The lowest BCUT2D eigenvalue weighted by Crippen LogP contribution is -2.29. The van der Waals surface area contributed by atoms with E-state index in [1.165, 1.54) is 35.4 Å². The van der Waals surface area contributed by atoms with Crippen LogP contribution >= 0.6 is 15.9 Å². The lowest BCUT2D eigenvalue weighted by atomic mass is 10.0. The number of hydrogen-bond donors (Lipinski definition) is 0. The quantitative estimate of drug-likeness (QED) is 0.514. The van der Waals surface area contributed by atoms with Crippen LogP contribution in [0.3, 0.4) is 0 Å². The molecule has 2 aromatic heterocycles. The van der Waals surface area contributed by atoms with Crippen molar-refractivity contribution < 1.29 is 22.4 Å². The van der Waals surface area contributed by atoms with Gasteiger partial charge in [0, 0.05) is 24.8 Å². The molecule has 0 bridgehead atoms. The second kappa shape index (κ2) is 7.19. The Morgan fingerprint density at radius 3 is 2.57 bits per heavy atom. The van der Waals surface area contributed by atoms with Crippen LogP contribution in [0.25, 0.3) is 16.8 Å². The molecule has 1 fully saturated rings. The Balaban J connectivity index is 1.85. The highest BCUT2D eigenvalue weighted by Crippen LogP contribution is 2.34. The van der Waals surface area contributed by atoms with Gasteiger partial charge in [0.25, 0.3) is 11.5 Å². The zero-order valence-electron chi connectivity index (χ0n) is 15.5. The maximum absolute atomic E-state index is 14.7. The highest BCUT2D eigenvalue weighted by molar-refractivity contribution is 9.10. The zero-order valence-corrected chi connectivity index (χ0v) is 17.1. The van der Waals surface area contributed by atoms with Gasteiger partial charge in [-0.05, 0) is 58.6 Å². The summed E-state index contributed by atoms with van der Waals surface area (Å²) in [5, 5.41) is 0. The number of amides is 1. The third-order valence-corrected chi connectivity index (χ3v) is 5.71. The molecule has 4 rings (SSSR count). The molecule has 2 heterocycles. The molecule has 0 saturated heterocycles. The van der Waals surface area contributed by atoms with Gasteiger partial charge in [-0.15, -0.1) is 0 Å². The molecule has 1 amide bonds. The third-order valence-electron chi connectivity index (χ3n) is 4.99. The highest BCUT2D eigenvalue weighted by Gasteiger charge is 2.37. The van der Waals surface area contributed by atoms with Gasteiger partial charge in [0.1, 0.15) is 15.9 Å². The molecule has 156 valence electrons. The van der Waals surface area contributed by atoms with Gasteiger partial charge in [-0.25, -0.2) is 9.37 Å². The summed E-state index contributed by atoms with van der Waals surface area (Å²) in [6.45, 7) is 0. The van der Waals surface area contributed by atoms with Gasteiger partial charge >= 0.3 is 6.18 Å². The van der Waals surface area contributed by atoms with Crippen molar-refractivity contribution in [3.8, 4) is 11.1 Å². The summed E-state index contributed by atoms with van der Waals surface area (Å²) in [6.07, 6.45) is -1.84. The maximum atomic E-state index is 14.7. The van der Waals surface area contributed by atoms with Gasteiger partial charge in [-0.3, -0.25) is 14.0 Å². The number of pyridine rings is 1. The Bertz CT molecular complexity index is 1240. The van der Waals surface area contributed by atoms with E-state index in [1.807, 2.05) is 0 Å². The summed E-state index contributed by atoms with van der Waals surface area (Å²) in [4.78, 5) is 29.9. The average molecular weight is 484 g/mol. The Morgan fingerprint density at radius 1 is 1.27 bits per heavy atom. The first-order valence-electron chi connectivity index (χ1n) is 8.94. The number of carbonyl (C=O) groups is 1. The van der Waals surface area contributed by atoms with Crippen LogP contribution < -0.4 is 5.56 Å². The van der Waals surface area contributed by atoms with Crippen molar-refractivity contribution in [3.63, 3.8) is 0 Å². The van der Waals surface area contributed by atoms with E-state index < -0.39 is 33.6 Å². The number of aromatic nitrogens is 2. The van der Waals surface area contributed by atoms with Crippen LogP contribution in [0.2, 0.25) is 0 Å². The first-order chi connectivity index (χ1) is 14.1. The molecule has 3 aromatic rings. The molecule has 10 heteroatoms. The average Bonchev–Trinajstić information content (AvgIpc) is 3.53. The molecule has 1 aromatic carbocycles. The topological polar surface area (TPSA) is 54.7 Å². The van der Waals surface area contributed by atoms with Gasteiger partial charge in [0.15, 0.2) is 5.69 Å². The molecular formula is C20H14BrF4N3O2. The van der Waals surface area contributed by atoms with Gasteiger partial charge in [0.05, 0.1) is 5.56 Å². The van der Waals surface area contributed by atoms with E-state index in [4.69, 9.17) is 0 Å². The molecule has 5 nitrogen and oxygen atoms in total. The van der Waals surface area contributed by atoms with E-state index >= 15 is 0 Å². The van der Waals surface area contributed by atoms with Crippen molar-refractivity contribution in [1.82, 2.24) is 14.3 Å². The van der Waals surface area contributed by atoms with Gasteiger partial charge in [-0.1, -0.05) is 6.07 Å². The van der Waals surface area contributed by atoms with Crippen LogP contribution in [0.4, 0.5) is 17.6 Å². The van der Waals surface area contributed by atoms with Crippen LogP contribution in [-0.4, -0.2) is 33.3 Å². The van der Waals surface area contributed by atoms with Crippen molar-refractivity contribution in [1.29, 1.82) is 0 Å². The first kappa shape index (κ1) is 20.5. The molecule has 1 saturated carbocycles. The molecule has 0 spiro atoms. The number of rotatable bonds is 3. The Morgan fingerprint density at radius 2 is 1.97 bits per heavy atom. The fourth-order valence-electron chi connectivity index (χ4n) is 3.23. The summed E-state index contributed by atoms with van der Waals surface area (Å²) in [6, 6.07) is 6.76. The van der Waals surface area contributed by atoms with Crippen LogP contribution in [0, 0.1) is 5.82 Å². The number of carbonyl (C=O) groups excluding carboxylic acids is 1. The van der Waals surface area contributed by atoms with Crippen molar-refractivity contribution in [2.45, 2.75) is 25.1 Å². The van der Waals surface area contributed by atoms with Crippen LogP contribution in [-0.2, 0) is 6.18 Å². The minimum absolute atomic E-state index is 0.102. The summed E-state index contributed by atoms with van der Waals surface area (Å²) in [5.41, 5.74) is -2.38. The minimum atomic E-state index is -4.85. The monoisotopic (exact) mass is 483 g/mol. The molecule has 0 aliphatic heterocycles. The van der Waals surface area contributed by atoms with Crippen LogP contribution in [0.5, 0.6) is 0 Å². The van der Waals surface area contributed by atoms with E-state index in [-0.39, 0.29) is 28.4 Å². The summed E-state index contributed by atoms with van der Waals surface area (Å²) >= 11 is 2.67.